The predicted molar refractivity (Wildman–Crippen MR) is 99.0 cm³/mol. The van der Waals surface area contributed by atoms with Crippen molar-refractivity contribution in [3.63, 3.8) is 0 Å². The molecule has 0 amide bonds. The van der Waals surface area contributed by atoms with Gasteiger partial charge >= 0.3 is 0 Å². The first kappa shape index (κ1) is 19.9. The van der Waals surface area contributed by atoms with Crippen LogP contribution in [-0.2, 0) is 14.3 Å². The average molecular weight is 401 g/mol. The number of hydrogen-bond donors (Lipinski definition) is 0. The van der Waals surface area contributed by atoms with Gasteiger partial charge in [0.25, 0.3) is 10.1 Å². The minimum atomic E-state index is -3.91. The molecule has 0 N–H and O–H groups in total. The molecule has 0 aliphatic heterocycles. The highest BCUT2D eigenvalue weighted by molar-refractivity contribution is 7.86. The third-order valence-corrected chi connectivity index (χ3v) is 5.42. The quantitative estimate of drug-likeness (QED) is 0.350. The second kappa shape index (κ2) is 8.81. The summed E-state index contributed by atoms with van der Waals surface area (Å²) >= 11 is 12.0. The van der Waals surface area contributed by atoms with Crippen LogP contribution in [-0.4, -0.2) is 20.8 Å². The zero-order valence-corrected chi connectivity index (χ0v) is 16.0. The molecule has 0 spiro atoms. The summed E-state index contributed by atoms with van der Waals surface area (Å²) in [5.41, 5.74) is 0.412. The second-order valence-electron chi connectivity index (χ2n) is 5.46. The largest absolute Gasteiger partial charge is 0.296 e. The lowest BCUT2D eigenvalue weighted by molar-refractivity contribution is 0.103. The van der Waals surface area contributed by atoms with E-state index in [1.165, 1.54) is 36.4 Å². The van der Waals surface area contributed by atoms with Crippen LogP contribution in [0.4, 0.5) is 0 Å². The summed E-state index contributed by atoms with van der Waals surface area (Å²) in [5.74, 6) is -0.407. The predicted octanol–water partition coefficient (Wildman–Crippen LogP) is 5.12. The minimum absolute atomic E-state index is 0.0620. The molecule has 2 aromatic carbocycles. The van der Waals surface area contributed by atoms with Gasteiger partial charge in [-0.2, -0.15) is 8.42 Å². The van der Waals surface area contributed by atoms with Gasteiger partial charge in [0.15, 0.2) is 5.78 Å². The van der Waals surface area contributed by atoms with E-state index in [4.69, 9.17) is 27.4 Å². The maximum Gasteiger partial charge on any atom is 0.296 e. The van der Waals surface area contributed by atoms with Crippen molar-refractivity contribution in [3.05, 3.63) is 63.6 Å². The SMILES string of the molecule is CCCCCOS(=O)(=O)c1cccc(C(=O)c2cc(Cl)ccc2Cl)c1. The van der Waals surface area contributed by atoms with Crippen molar-refractivity contribution in [1.29, 1.82) is 0 Å². The van der Waals surface area contributed by atoms with Crippen LogP contribution < -0.4 is 0 Å². The van der Waals surface area contributed by atoms with Gasteiger partial charge in [-0.25, -0.2) is 0 Å². The lowest BCUT2D eigenvalue weighted by Crippen LogP contribution is -2.09. The summed E-state index contributed by atoms with van der Waals surface area (Å²) in [6, 6.07) is 10.2. The number of hydrogen-bond acceptors (Lipinski definition) is 4. The van der Waals surface area contributed by atoms with Crippen molar-refractivity contribution in [2.45, 2.75) is 31.1 Å². The van der Waals surface area contributed by atoms with E-state index < -0.39 is 15.9 Å². The molecule has 4 nitrogen and oxygen atoms in total. The fourth-order valence-electron chi connectivity index (χ4n) is 2.21. The van der Waals surface area contributed by atoms with E-state index in [9.17, 15) is 13.2 Å². The zero-order valence-electron chi connectivity index (χ0n) is 13.7. The first-order valence-electron chi connectivity index (χ1n) is 7.84. The molecule has 7 heteroatoms. The van der Waals surface area contributed by atoms with Crippen LogP contribution >= 0.6 is 23.2 Å². The molecule has 134 valence electrons. The van der Waals surface area contributed by atoms with Crippen LogP contribution in [0, 0.1) is 0 Å². The summed E-state index contributed by atoms with van der Waals surface area (Å²) in [6.07, 6.45) is 2.52. The lowest BCUT2D eigenvalue weighted by Gasteiger charge is -2.08. The van der Waals surface area contributed by atoms with Crippen molar-refractivity contribution in [1.82, 2.24) is 0 Å². The molecule has 0 bridgehead atoms. The highest BCUT2D eigenvalue weighted by atomic mass is 35.5. The van der Waals surface area contributed by atoms with Crippen molar-refractivity contribution >= 4 is 39.1 Å². The maximum atomic E-state index is 12.6. The monoisotopic (exact) mass is 400 g/mol. The standard InChI is InChI=1S/C18H18Cl2O4S/c1-2-3-4-10-24-25(22,23)15-7-5-6-13(11-15)18(21)16-12-14(19)8-9-17(16)20/h5-9,11-12H,2-4,10H2,1H3. The molecule has 0 aliphatic carbocycles. The van der Waals surface area contributed by atoms with Gasteiger partial charge in [0.05, 0.1) is 16.5 Å². The van der Waals surface area contributed by atoms with Crippen molar-refractivity contribution in [2.24, 2.45) is 0 Å². The first-order valence-corrected chi connectivity index (χ1v) is 10.0. The third kappa shape index (κ3) is 5.28. The van der Waals surface area contributed by atoms with Crippen molar-refractivity contribution < 1.29 is 17.4 Å². The Hall–Kier alpha value is -1.40. The normalized spacial score (nSPS) is 11.5. The fourth-order valence-corrected chi connectivity index (χ4v) is 3.57. The summed E-state index contributed by atoms with van der Waals surface area (Å²) < 4.78 is 29.5. The van der Waals surface area contributed by atoms with E-state index in [-0.39, 0.29) is 27.7 Å². The van der Waals surface area contributed by atoms with Gasteiger partial charge < -0.3 is 0 Å². The van der Waals surface area contributed by atoms with E-state index in [2.05, 4.69) is 0 Å². The van der Waals surface area contributed by atoms with Crippen LogP contribution in [0.2, 0.25) is 10.0 Å². The smallest absolute Gasteiger partial charge is 0.289 e. The van der Waals surface area contributed by atoms with Crippen molar-refractivity contribution in [3.8, 4) is 0 Å². The van der Waals surface area contributed by atoms with Crippen LogP contribution in [0.1, 0.15) is 42.1 Å². The van der Waals surface area contributed by atoms with Crippen LogP contribution in [0.3, 0.4) is 0 Å². The molecule has 2 rings (SSSR count). The number of halogens is 2. The van der Waals surface area contributed by atoms with Gasteiger partial charge in [-0.3, -0.25) is 8.98 Å². The Bertz CT molecular complexity index is 863. The molecule has 0 heterocycles. The zero-order chi connectivity index (χ0) is 18.4. The Labute approximate surface area is 157 Å². The Morgan fingerprint density at radius 3 is 2.56 bits per heavy atom. The van der Waals surface area contributed by atoms with E-state index in [0.29, 0.717) is 11.4 Å². The van der Waals surface area contributed by atoms with Crippen LogP contribution in [0.25, 0.3) is 0 Å². The highest BCUT2D eigenvalue weighted by Gasteiger charge is 2.19. The second-order valence-corrected chi connectivity index (χ2v) is 7.92. The summed E-state index contributed by atoms with van der Waals surface area (Å²) in [6.45, 7) is 2.14. The van der Waals surface area contributed by atoms with Gasteiger partial charge in [0.2, 0.25) is 0 Å². The Kier molecular flexibility index (Phi) is 7.02. The van der Waals surface area contributed by atoms with E-state index in [0.717, 1.165) is 12.8 Å². The lowest BCUT2D eigenvalue weighted by atomic mass is 10.0. The minimum Gasteiger partial charge on any atom is -0.289 e. The Morgan fingerprint density at radius 2 is 1.84 bits per heavy atom. The number of carbonyl (C=O) groups is 1. The number of ketones is 1. The van der Waals surface area contributed by atoms with Gasteiger partial charge in [-0.15, -0.1) is 0 Å². The molecular weight excluding hydrogens is 383 g/mol. The maximum absolute atomic E-state index is 12.6. The molecule has 2 aromatic rings. The van der Waals surface area contributed by atoms with Crippen molar-refractivity contribution in [2.75, 3.05) is 6.61 Å². The molecule has 0 aliphatic rings. The molecule has 0 aromatic heterocycles. The summed E-state index contributed by atoms with van der Waals surface area (Å²) in [5, 5.41) is 0.620. The third-order valence-electron chi connectivity index (χ3n) is 3.54. The molecule has 0 radical (unpaired) electrons. The molecule has 0 atom stereocenters. The average Bonchev–Trinajstić information content (AvgIpc) is 2.60. The Balaban J connectivity index is 2.26. The molecule has 0 saturated carbocycles. The molecule has 0 fully saturated rings. The fraction of sp³-hybridized carbons (Fsp3) is 0.278. The van der Waals surface area contributed by atoms with Crippen LogP contribution in [0.15, 0.2) is 47.4 Å². The number of carbonyl (C=O) groups excluding carboxylic acids is 1. The van der Waals surface area contributed by atoms with E-state index in [1.54, 1.807) is 6.07 Å². The Morgan fingerprint density at radius 1 is 1.08 bits per heavy atom. The van der Waals surface area contributed by atoms with Gasteiger partial charge in [-0.1, -0.05) is 55.1 Å². The molecule has 0 saturated heterocycles. The highest BCUT2D eigenvalue weighted by Crippen LogP contribution is 2.24. The number of benzene rings is 2. The molecular formula is C18H18Cl2O4S. The number of rotatable bonds is 8. The number of unbranched alkanes of at least 4 members (excludes halogenated alkanes) is 2. The van der Waals surface area contributed by atoms with Gasteiger partial charge in [0.1, 0.15) is 0 Å². The van der Waals surface area contributed by atoms with E-state index in [1.807, 2.05) is 6.92 Å². The summed E-state index contributed by atoms with van der Waals surface area (Å²) in [7, 11) is -3.91. The van der Waals surface area contributed by atoms with E-state index >= 15 is 0 Å². The topological polar surface area (TPSA) is 60.4 Å². The molecule has 25 heavy (non-hydrogen) atoms. The van der Waals surface area contributed by atoms with Gasteiger partial charge in [-0.05, 0) is 36.8 Å². The first-order chi connectivity index (χ1) is 11.8. The summed E-state index contributed by atoms with van der Waals surface area (Å²) in [4.78, 5) is 12.6. The van der Waals surface area contributed by atoms with Crippen LogP contribution in [0.5, 0.6) is 0 Å². The molecule has 0 unspecified atom stereocenters. The van der Waals surface area contributed by atoms with Gasteiger partial charge in [0, 0.05) is 16.1 Å².